The lowest BCUT2D eigenvalue weighted by Crippen LogP contribution is -2.31. The molecule has 200 valence electrons. The number of rotatable bonds is 7. The van der Waals surface area contributed by atoms with Crippen LogP contribution in [0.25, 0.3) is 11.3 Å². The molecule has 1 heterocycles. The van der Waals surface area contributed by atoms with Gasteiger partial charge in [-0.05, 0) is 55.3 Å². The maximum absolute atomic E-state index is 14.1. The molecule has 5 rings (SSSR count). The van der Waals surface area contributed by atoms with E-state index in [9.17, 15) is 19.1 Å². The topological polar surface area (TPSA) is 105 Å². The number of anilines is 1. The van der Waals surface area contributed by atoms with Gasteiger partial charge in [0.05, 0.1) is 24.1 Å². The fourth-order valence-electron chi connectivity index (χ4n) is 4.94. The largest absolute Gasteiger partial charge is 0.507 e. The van der Waals surface area contributed by atoms with Crippen molar-refractivity contribution in [2.45, 2.75) is 38.1 Å². The van der Waals surface area contributed by atoms with E-state index in [0.29, 0.717) is 33.8 Å². The second-order valence-corrected chi connectivity index (χ2v) is 9.48. The molecule has 9 heteroatoms. The molecule has 0 bridgehead atoms. The fourth-order valence-corrected chi connectivity index (χ4v) is 4.94. The number of nitrogens with zero attached hydrogens (tertiary/aromatic N) is 2. The molecule has 1 saturated carbocycles. The SMILES string of the molecule is COc1ccccc1C(=O)Nc1ccc(O)c(-c2cc(C3CCCC3)n(C(=O)NCc3ccccc3F)n2)c1. The number of ether oxygens (including phenoxy) is 1. The number of carbonyl (C=O) groups excluding carboxylic acids is 2. The van der Waals surface area contributed by atoms with Crippen LogP contribution in [0, 0.1) is 5.82 Å². The van der Waals surface area contributed by atoms with Gasteiger partial charge in [-0.1, -0.05) is 43.2 Å². The van der Waals surface area contributed by atoms with Crippen molar-refractivity contribution >= 4 is 17.6 Å². The van der Waals surface area contributed by atoms with Gasteiger partial charge in [0, 0.05) is 29.3 Å². The van der Waals surface area contributed by atoms with Gasteiger partial charge in [-0.25, -0.2) is 9.18 Å². The standard InChI is InChI=1S/C30H29FN4O4/c1-39-28-13-7-5-11-22(28)29(37)33-21-14-15-27(36)23(16-21)25-17-26(19-8-2-3-9-19)35(34-25)30(38)32-18-20-10-4-6-12-24(20)31/h4-7,10-17,19,36H,2-3,8-9,18H2,1H3,(H,32,38)(H,33,37). The number of nitrogens with one attached hydrogen (secondary N) is 2. The molecule has 1 aliphatic carbocycles. The monoisotopic (exact) mass is 528 g/mol. The van der Waals surface area contributed by atoms with Gasteiger partial charge in [-0.3, -0.25) is 4.79 Å². The maximum Gasteiger partial charge on any atom is 0.342 e. The highest BCUT2D eigenvalue weighted by Gasteiger charge is 2.26. The van der Waals surface area contributed by atoms with Crippen LogP contribution in [0.15, 0.2) is 72.8 Å². The normalized spacial score (nSPS) is 13.3. The second kappa shape index (κ2) is 11.4. The van der Waals surface area contributed by atoms with E-state index in [2.05, 4.69) is 15.7 Å². The van der Waals surface area contributed by atoms with Crippen molar-refractivity contribution in [3.63, 3.8) is 0 Å². The molecular formula is C30H29FN4O4. The molecule has 3 aromatic carbocycles. The summed E-state index contributed by atoms with van der Waals surface area (Å²) in [4.78, 5) is 26.1. The Labute approximate surface area is 225 Å². The third kappa shape index (κ3) is 5.62. The number of halogens is 1. The zero-order valence-electron chi connectivity index (χ0n) is 21.5. The average molecular weight is 529 g/mol. The molecule has 0 aliphatic heterocycles. The lowest BCUT2D eigenvalue weighted by molar-refractivity contribution is 0.102. The molecule has 0 unspecified atom stereocenters. The molecule has 0 radical (unpaired) electrons. The van der Waals surface area contributed by atoms with Gasteiger partial charge in [-0.2, -0.15) is 9.78 Å². The molecule has 4 aromatic rings. The number of hydrogen-bond donors (Lipinski definition) is 3. The zero-order chi connectivity index (χ0) is 27.4. The number of amides is 2. The van der Waals surface area contributed by atoms with Gasteiger partial charge in [-0.15, -0.1) is 0 Å². The Balaban J connectivity index is 1.43. The van der Waals surface area contributed by atoms with E-state index in [0.717, 1.165) is 31.4 Å². The van der Waals surface area contributed by atoms with Crippen LogP contribution in [0.3, 0.4) is 0 Å². The minimum atomic E-state index is -0.480. The van der Waals surface area contributed by atoms with Gasteiger partial charge in [0.1, 0.15) is 17.3 Å². The minimum Gasteiger partial charge on any atom is -0.507 e. The summed E-state index contributed by atoms with van der Waals surface area (Å²) in [5, 5.41) is 20.8. The zero-order valence-corrected chi connectivity index (χ0v) is 21.5. The first-order chi connectivity index (χ1) is 18.9. The van der Waals surface area contributed by atoms with Gasteiger partial charge in [0.2, 0.25) is 0 Å². The number of phenols is 1. The summed E-state index contributed by atoms with van der Waals surface area (Å²) in [5.41, 5.74) is 2.68. The van der Waals surface area contributed by atoms with E-state index < -0.39 is 11.8 Å². The lowest BCUT2D eigenvalue weighted by atomic mass is 10.0. The molecule has 3 N–H and O–H groups in total. The molecule has 1 fully saturated rings. The summed E-state index contributed by atoms with van der Waals surface area (Å²) in [7, 11) is 1.50. The first kappa shape index (κ1) is 26.0. The first-order valence-electron chi connectivity index (χ1n) is 12.8. The molecule has 2 amide bonds. The van der Waals surface area contributed by atoms with E-state index in [-0.39, 0.29) is 24.1 Å². The van der Waals surface area contributed by atoms with Crippen LogP contribution in [0.4, 0.5) is 14.9 Å². The van der Waals surface area contributed by atoms with Crippen LogP contribution in [-0.2, 0) is 6.54 Å². The molecule has 8 nitrogen and oxygen atoms in total. The van der Waals surface area contributed by atoms with E-state index in [1.54, 1.807) is 60.7 Å². The maximum atomic E-state index is 14.1. The van der Waals surface area contributed by atoms with Crippen molar-refractivity contribution in [1.82, 2.24) is 15.1 Å². The number of methoxy groups -OCH3 is 1. The third-order valence-electron chi connectivity index (χ3n) is 6.97. The van der Waals surface area contributed by atoms with Crippen LogP contribution in [0.1, 0.15) is 53.2 Å². The minimum absolute atomic E-state index is 0.0144. The van der Waals surface area contributed by atoms with Crippen LogP contribution in [-0.4, -0.2) is 33.9 Å². The number of phenolic OH excluding ortho intramolecular Hbond substituents is 1. The Bertz CT molecular complexity index is 1510. The van der Waals surface area contributed by atoms with Gasteiger partial charge < -0.3 is 20.5 Å². The van der Waals surface area contributed by atoms with Crippen LogP contribution in [0.5, 0.6) is 11.5 Å². The number of aromatic hydroxyl groups is 1. The predicted molar refractivity (Wildman–Crippen MR) is 146 cm³/mol. The number of carbonyl (C=O) groups is 2. The summed E-state index contributed by atoms with van der Waals surface area (Å²) in [6.07, 6.45) is 3.95. The third-order valence-corrected chi connectivity index (χ3v) is 6.97. The van der Waals surface area contributed by atoms with E-state index in [1.165, 1.54) is 23.9 Å². The average Bonchev–Trinajstić information content (AvgIpc) is 3.64. The Morgan fingerprint density at radius 2 is 1.79 bits per heavy atom. The van der Waals surface area contributed by atoms with E-state index in [4.69, 9.17) is 4.74 Å². The molecule has 0 spiro atoms. The summed E-state index contributed by atoms with van der Waals surface area (Å²) >= 11 is 0. The number of aromatic nitrogens is 2. The Morgan fingerprint density at radius 1 is 1.05 bits per heavy atom. The first-order valence-corrected chi connectivity index (χ1v) is 12.8. The van der Waals surface area contributed by atoms with Gasteiger partial charge in [0.15, 0.2) is 0 Å². The summed E-state index contributed by atoms with van der Waals surface area (Å²) < 4.78 is 20.7. The van der Waals surface area contributed by atoms with Crippen molar-refractivity contribution < 1.29 is 23.8 Å². The van der Waals surface area contributed by atoms with Crippen LogP contribution in [0.2, 0.25) is 0 Å². The molecule has 0 atom stereocenters. The van der Waals surface area contributed by atoms with E-state index >= 15 is 0 Å². The smallest absolute Gasteiger partial charge is 0.342 e. The van der Waals surface area contributed by atoms with Crippen molar-refractivity contribution in [3.05, 3.63) is 95.4 Å². The quantitative estimate of drug-likeness (QED) is 0.253. The molecule has 39 heavy (non-hydrogen) atoms. The van der Waals surface area contributed by atoms with Gasteiger partial charge in [0.25, 0.3) is 5.91 Å². The fraction of sp³-hybridized carbons (Fsp3) is 0.233. The summed E-state index contributed by atoms with van der Waals surface area (Å²) in [5.74, 6) is -0.225. The van der Waals surface area contributed by atoms with Crippen LogP contribution < -0.4 is 15.4 Å². The molecule has 0 saturated heterocycles. The second-order valence-electron chi connectivity index (χ2n) is 9.48. The van der Waals surface area contributed by atoms with Crippen molar-refractivity contribution in [2.75, 3.05) is 12.4 Å². The molecular weight excluding hydrogens is 499 g/mol. The highest BCUT2D eigenvalue weighted by Crippen LogP contribution is 2.38. The number of para-hydroxylation sites is 1. The Hall–Kier alpha value is -4.66. The molecule has 1 aliphatic rings. The summed E-state index contributed by atoms with van der Waals surface area (Å²) in [6, 6.07) is 19.1. The van der Waals surface area contributed by atoms with Crippen molar-refractivity contribution in [3.8, 4) is 22.8 Å². The summed E-state index contributed by atoms with van der Waals surface area (Å²) in [6.45, 7) is 0.0144. The van der Waals surface area contributed by atoms with Crippen LogP contribution >= 0.6 is 0 Å². The highest BCUT2D eigenvalue weighted by molar-refractivity contribution is 6.06. The van der Waals surface area contributed by atoms with Gasteiger partial charge >= 0.3 is 6.03 Å². The Morgan fingerprint density at radius 3 is 2.56 bits per heavy atom. The Kier molecular flexibility index (Phi) is 7.58. The van der Waals surface area contributed by atoms with Crippen molar-refractivity contribution in [2.24, 2.45) is 0 Å². The van der Waals surface area contributed by atoms with E-state index in [1.807, 2.05) is 0 Å². The predicted octanol–water partition coefficient (Wildman–Crippen LogP) is 6.07. The van der Waals surface area contributed by atoms with Crippen molar-refractivity contribution in [1.29, 1.82) is 0 Å². The lowest BCUT2D eigenvalue weighted by Gasteiger charge is -2.12. The number of benzene rings is 3. The molecule has 1 aromatic heterocycles. The number of hydrogen-bond acceptors (Lipinski definition) is 5. The highest BCUT2D eigenvalue weighted by atomic mass is 19.1.